The molecule has 0 radical (unpaired) electrons. The summed E-state index contributed by atoms with van der Waals surface area (Å²) in [4.78, 5) is 13.4. The van der Waals surface area contributed by atoms with Gasteiger partial charge < -0.3 is 9.64 Å². The van der Waals surface area contributed by atoms with Crippen LogP contribution >= 0.6 is 0 Å². The molecule has 1 aliphatic heterocycles. The summed E-state index contributed by atoms with van der Waals surface area (Å²) in [6, 6.07) is 0.174. The van der Waals surface area contributed by atoms with Gasteiger partial charge in [-0.25, -0.2) is 4.79 Å². The van der Waals surface area contributed by atoms with E-state index in [-0.39, 0.29) is 12.1 Å². The van der Waals surface area contributed by atoms with Crippen LogP contribution in [0.2, 0.25) is 0 Å². The van der Waals surface area contributed by atoms with Crippen LogP contribution in [0.3, 0.4) is 0 Å². The molecule has 0 spiro atoms. The van der Waals surface area contributed by atoms with E-state index < -0.39 is 16.4 Å². The Morgan fingerprint density at radius 1 is 1.31 bits per heavy atom. The third-order valence-corrected chi connectivity index (χ3v) is 3.97. The van der Waals surface area contributed by atoms with Crippen LogP contribution < -0.4 is 0 Å². The Bertz CT molecular complexity index is 275. The second-order valence-corrected chi connectivity index (χ2v) is 6.87. The zero-order valence-electron chi connectivity index (χ0n) is 10.5. The van der Waals surface area contributed by atoms with Crippen molar-refractivity contribution >= 4 is 16.9 Å². The highest BCUT2D eigenvalue weighted by Crippen LogP contribution is 2.17. The SMILES string of the molecule is CN(C(=O)OC(C)(C)C)C1CCS(=O)CC1. The Hall–Kier alpha value is -0.580. The van der Waals surface area contributed by atoms with E-state index >= 15 is 0 Å². The minimum atomic E-state index is -0.688. The summed E-state index contributed by atoms with van der Waals surface area (Å²) in [7, 11) is 1.07. The Morgan fingerprint density at radius 3 is 2.25 bits per heavy atom. The quantitative estimate of drug-likeness (QED) is 0.709. The van der Waals surface area contributed by atoms with Crippen molar-refractivity contribution < 1.29 is 13.7 Å². The smallest absolute Gasteiger partial charge is 0.410 e. The maximum Gasteiger partial charge on any atom is 0.410 e. The number of hydrogen-bond acceptors (Lipinski definition) is 3. The Labute approximate surface area is 99.8 Å². The zero-order chi connectivity index (χ0) is 12.3. The topological polar surface area (TPSA) is 46.6 Å². The highest BCUT2D eigenvalue weighted by molar-refractivity contribution is 7.85. The number of hydrogen-bond donors (Lipinski definition) is 0. The molecule has 5 heteroatoms. The molecule has 0 bridgehead atoms. The van der Waals surface area contributed by atoms with Crippen molar-refractivity contribution in [1.82, 2.24) is 4.90 Å². The predicted octanol–water partition coefficient (Wildman–Crippen LogP) is 1.76. The molecule has 0 aliphatic carbocycles. The van der Waals surface area contributed by atoms with Gasteiger partial charge in [-0.2, -0.15) is 0 Å². The molecule has 1 aliphatic rings. The summed E-state index contributed by atoms with van der Waals surface area (Å²) in [6.07, 6.45) is 1.33. The van der Waals surface area contributed by atoms with E-state index in [4.69, 9.17) is 4.74 Å². The molecule has 1 saturated heterocycles. The molecule has 1 fully saturated rings. The van der Waals surface area contributed by atoms with Crippen molar-refractivity contribution in [3.8, 4) is 0 Å². The van der Waals surface area contributed by atoms with Crippen LogP contribution in [-0.4, -0.2) is 45.4 Å². The van der Waals surface area contributed by atoms with Gasteiger partial charge in [0.1, 0.15) is 5.60 Å². The number of amides is 1. The van der Waals surface area contributed by atoms with Gasteiger partial charge in [0.15, 0.2) is 0 Å². The second-order valence-electron chi connectivity index (χ2n) is 5.17. The van der Waals surface area contributed by atoms with Crippen LogP contribution in [0.1, 0.15) is 33.6 Å². The maximum atomic E-state index is 11.8. The van der Waals surface area contributed by atoms with Crippen molar-refractivity contribution in [2.24, 2.45) is 0 Å². The first-order valence-electron chi connectivity index (χ1n) is 5.60. The van der Waals surface area contributed by atoms with Gasteiger partial charge >= 0.3 is 6.09 Å². The predicted molar refractivity (Wildman–Crippen MR) is 64.9 cm³/mol. The summed E-state index contributed by atoms with van der Waals surface area (Å²) >= 11 is 0. The number of carbonyl (C=O) groups is 1. The van der Waals surface area contributed by atoms with E-state index in [0.717, 1.165) is 12.8 Å². The third kappa shape index (κ3) is 4.12. The number of rotatable bonds is 1. The molecule has 0 unspecified atom stereocenters. The summed E-state index contributed by atoms with van der Waals surface area (Å²) in [5.41, 5.74) is -0.456. The van der Waals surface area contributed by atoms with E-state index in [9.17, 15) is 9.00 Å². The lowest BCUT2D eigenvalue weighted by atomic mass is 10.1. The number of nitrogens with zero attached hydrogens (tertiary/aromatic N) is 1. The average molecular weight is 247 g/mol. The summed E-state index contributed by atoms with van der Waals surface area (Å²) in [5.74, 6) is 1.38. The van der Waals surface area contributed by atoms with Gasteiger partial charge in [-0.15, -0.1) is 0 Å². The minimum absolute atomic E-state index is 0.174. The van der Waals surface area contributed by atoms with E-state index in [2.05, 4.69) is 0 Å². The fourth-order valence-corrected chi connectivity index (χ4v) is 2.93. The second kappa shape index (κ2) is 5.17. The fourth-order valence-electron chi connectivity index (χ4n) is 1.65. The van der Waals surface area contributed by atoms with E-state index in [0.29, 0.717) is 11.5 Å². The van der Waals surface area contributed by atoms with Gasteiger partial charge in [-0.05, 0) is 33.6 Å². The first kappa shape index (κ1) is 13.5. The Morgan fingerprint density at radius 2 is 1.81 bits per heavy atom. The zero-order valence-corrected chi connectivity index (χ0v) is 11.3. The highest BCUT2D eigenvalue weighted by Gasteiger charge is 2.27. The van der Waals surface area contributed by atoms with Crippen LogP contribution in [0.4, 0.5) is 4.79 Å². The van der Waals surface area contributed by atoms with Crippen LogP contribution in [-0.2, 0) is 15.5 Å². The van der Waals surface area contributed by atoms with Gasteiger partial charge in [0.05, 0.1) is 0 Å². The first-order valence-corrected chi connectivity index (χ1v) is 7.09. The molecule has 1 heterocycles. The molecule has 16 heavy (non-hydrogen) atoms. The lowest BCUT2D eigenvalue weighted by molar-refractivity contribution is 0.0214. The largest absolute Gasteiger partial charge is 0.444 e. The summed E-state index contributed by atoms with van der Waals surface area (Å²) < 4.78 is 16.5. The lowest BCUT2D eigenvalue weighted by Gasteiger charge is -2.32. The normalized spacial score (nSPS) is 26.2. The highest BCUT2D eigenvalue weighted by atomic mass is 32.2. The molecule has 0 aromatic rings. The first-order chi connectivity index (χ1) is 7.29. The molecule has 4 nitrogen and oxygen atoms in total. The fraction of sp³-hybridized carbons (Fsp3) is 0.909. The van der Waals surface area contributed by atoms with E-state index in [1.165, 1.54) is 0 Å². The number of ether oxygens (including phenoxy) is 1. The average Bonchev–Trinajstić information content (AvgIpc) is 2.15. The van der Waals surface area contributed by atoms with Gasteiger partial charge in [-0.3, -0.25) is 4.21 Å². The summed E-state index contributed by atoms with van der Waals surface area (Å²) in [6.45, 7) is 5.57. The molecule has 0 N–H and O–H groups in total. The van der Waals surface area contributed by atoms with Crippen molar-refractivity contribution in [1.29, 1.82) is 0 Å². The summed E-state index contributed by atoms with van der Waals surface area (Å²) in [5, 5.41) is 0. The molecule has 1 rings (SSSR count). The van der Waals surface area contributed by atoms with Gasteiger partial charge in [0, 0.05) is 35.4 Å². The molecular weight excluding hydrogens is 226 g/mol. The lowest BCUT2D eigenvalue weighted by Crippen LogP contribution is -2.43. The van der Waals surface area contributed by atoms with Crippen LogP contribution in [0, 0.1) is 0 Å². The molecule has 1 amide bonds. The molecule has 94 valence electrons. The van der Waals surface area contributed by atoms with E-state index in [1.54, 1.807) is 11.9 Å². The number of carbonyl (C=O) groups excluding carboxylic acids is 1. The standard InChI is InChI=1S/C11H21NO3S/c1-11(2,3)15-10(13)12(4)9-5-7-16(14)8-6-9/h9H,5-8H2,1-4H3. The van der Waals surface area contributed by atoms with Crippen LogP contribution in [0.25, 0.3) is 0 Å². The maximum absolute atomic E-state index is 11.8. The van der Waals surface area contributed by atoms with Crippen LogP contribution in [0.5, 0.6) is 0 Å². The molecule has 0 atom stereocenters. The molecule has 0 saturated carbocycles. The Kier molecular flexibility index (Phi) is 4.35. The molecule has 0 aromatic heterocycles. The molecule has 0 aromatic carbocycles. The van der Waals surface area contributed by atoms with Gasteiger partial charge in [0.2, 0.25) is 0 Å². The third-order valence-electron chi connectivity index (χ3n) is 2.59. The van der Waals surface area contributed by atoms with Crippen molar-refractivity contribution in [2.75, 3.05) is 18.6 Å². The van der Waals surface area contributed by atoms with Crippen LogP contribution in [0.15, 0.2) is 0 Å². The Balaban J connectivity index is 2.47. The monoisotopic (exact) mass is 247 g/mol. The van der Waals surface area contributed by atoms with Gasteiger partial charge in [-0.1, -0.05) is 0 Å². The molecular formula is C11H21NO3S. The van der Waals surface area contributed by atoms with Crippen molar-refractivity contribution in [3.05, 3.63) is 0 Å². The van der Waals surface area contributed by atoms with Crippen molar-refractivity contribution in [3.63, 3.8) is 0 Å². The van der Waals surface area contributed by atoms with Crippen molar-refractivity contribution in [2.45, 2.75) is 45.3 Å². The van der Waals surface area contributed by atoms with Gasteiger partial charge in [0.25, 0.3) is 0 Å². The van der Waals surface area contributed by atoms with E-state index in [1.807, 2.05) is 20.8 Å². The minimum Gasteiger partial charge on any atom is -0.444 e.